The number of aliphatic hydroxyl groups excluding tert-OH is 2. The Morgan fingerprint density at radius 3 is 3.15 bits per heavy atom. The Bertz CT molecular complexity index is 681. The Balaban J connectivity index is 2.01. The largest absolute Gasteiger partial charge is 0.396 e. The number of nitrogens with two attached hydrogens (primary N) is 1. The molecule has 0 aromatic carbocycles. The SMILES string of the molecule is Nc1nc2c(ncn2[C@@H]2O[C@H](CCO)C[C@H]2O)c(=O)[nH]1. The number of imidazole rings is 1. The molecule has 9 nitrogen and oxygen atoms in total. The molecule has 108 valence electrons. The molecule has 0 aliphatic carbocycles. The molecule has 1 saturated heterocycles. The fourth-order valence-corrected chi connectivity index (χ4v) is 2.44. The normalized spacial score (nSPS) is 26.4. The van der Waals surface area contributed by atoms with Crippen molar-refractivity contribution in [3.8, 4) is 0 Å². The zero-order chi connectivity index (χ0) is 14.3. The second-order valence-corrected chi connectivity index (χ2v) is 4.74. The number of nitrogens with one attached hydrogen (secondary N) is 1. The van der Waals surface area contributed by atoms with Crippen LogP contribution in [0.15, 0.2) is 11.1 Å². The van der Waals surface area contributed by atoms with Crippen LogP contribution in [-0.2, 0) is 4.74 Å². The number of hydrogen-bond acceptors (Lipinski definition) is 7. The van der Waals surface area contributed by atoms with E-state index in [1.165, 1.54) is 10.9 Å². The summed E-state index contributed by atoms with van der Waals surface area (Å²) >= 11 is 0. The Hall–Kier alpha value is -1.97. The second kappa shape index (κ2) is 4.85. The molecule has 3 heterocycles. The van der Waals surface area contributed by atoms with Crippen LogP contribution in [0.5, 0.6) is 0 Å². The first-order valence-electron chi connectivity index (χ1n) is 6.27. The van der Waals surface area contributed by atoms with E-state index < -0.39 is 17.9 Å². The molecule has 0 saturated carbocycles. The molecule has 9 heteroatoms. The quantitative estimate of drug-likeness (QED) is 0.550. The summed E-state index contributed by atoms with van der Waals surface area (Å²) in [5.41, 5.74) is 5.48. The van der Waals surface area contributed by atoms with Crippen LogP contribution in [0.2, 0.25) is 0 Å². The van der Waals surface area contributed by atoms with Crippen LogP contribution in [0.1, 0.15) is 19.1 Å². The van der Waals surface area contributed by atoms with Crippen molar-refractivity contribution in [1.82, 2.24) is 19.5 Å². The van der Waals surface area contributed by atoms with Crippen LogP contribution in [0.3, 0.4) is 0 Å². The van der Waals surface area contributed by atoms with Gasteiger partial charge in [0.05, 0.1) is 12.4 Å². The lowest BCUT2D eigenvalue weighted by Crippen LogP contribution is -2.20. The third-order valence-corrected chi connectivity index (χ3v) is 3.34. The van der Waals surface area contributed by atoms with Crippen molar-refractivity contribution in [2.45, 2.75) is 31.3 Å². The first-order valence-corrected chi connectivity index (χ1v) is 6.27. The van der Waals surface area contributed by atoms with E-state index in [2.05, 4.69) is 15.0 Å². The lowest BCUT2D eigenvalue weighted by molar-refractivity contribution is -0.0400. The molecule has 5 N–H and O–H groups in total. The van der Waals surface area contributed by atoms with Crippen molar-refractivity contribution in [2.24, 2.45) is 0 Å². The van der Waals surface area contributed by atoms with E-state index in [4.69, 9.17) is 15.6 Å². The van der Waals surface area contributed by atoms with Gasteiger partial charge in [-0.15, -0.1) is 0 Å². The highest BCUT2D eigenvalue weighted by Crippen LogP contribution is 2.31. The van der Waals surface area contributed by atoms with Crippen LogP contribution in [0.4, 0.5) is 5.95 Å². The fourth-order valence-electron chi connectivity index (χ4n) is 2.44. The van der Waals surface area contributed by atoms with Crippen molar-refractivity contribution in [3.63, 3.8) is 0 Å². The van der Waals surface area contributed by atoms with Crippen LogP contribution in [0.25, 0.3) is 11.2 Å². The van der Waals surface area contributed by atoms with E-state index >= 15 is 0 Å². The zero-order valence-electron chi connectivity index (χ0n) is 10.6. The summed E-state index contributed by atoms with van der Waals surface area (Å²) in [5, 5.41) is 19.0. The minimum atomic E-state index is -0.758. The van der Waals surface area contributed by atoms with Crippen molar-refractivity contribution in [3.05, 3.63) is 16.7 Å². The maximum absolute atomic E-state index is 11.7. The van der Waals surface area contributed by atoms with E-state index in [0.717, 1.165) is 0 Å². The van der Waals surface area contributed by atoms with Gasteiger partial charge in [-0.1, -0.05) is 0 Å². The number of H-pyrrole nitrogens is 1. The summed E-state index contributed by atoms with van der Waals surface area (Å²) in [5.74, 6) is -0.0244. The second-order valence-electron chi connectivity index (χ2n) is 4.74. The highest BCUT2D eigenvalue weighted by Gasteiger charge is 2.36. The van der Waals surface area contributed by atoms with Crippen molar-refractivity contribution in [2.75, 3.05) is 12.3 Å². The maximum Gasteiger partial charge on any atom is 0.280 e. The fraction of sp³-hybridized carbons (Fsp3) is 0.545. The van der Waals surface area contributed by atoms with Crippen molar-refractivity contribution < 1.29 is 14.9 Å². The Kier molecular flexibility index (Phi) is 3.16. The van der Waals surface area contributed by atoms with Gasteiger partial charge in [0.2, 0.25) is 5.95 Å². The topological polar surface area (TPSA) is 139 Å². The Morgan fingerprint density at radius 1 is 1.60 bits per heavy atom. The number of ether oxygens (including phenoxy) is 1. The number of aliphatic hydroxyl groups is 2. The maximum atomic E-state index is 11.7. The van der Waals surface area contributed by atoms with Gasteiger partial charge in [-0.3, -0.25) is 14.3 Å². The zero-order valence-corrected chi connectivity index (χ0v) is 10.6. The molecule has 2 aromatic rings. The molecule has 0 spiro atoms. The van der Waals surface area contributed by atoms with Crippen molar-refractivity contribution >= 4 is 17.1 Å². The molecule has 2 aromatic heterocycles. The molecule has 3 atom stereocenters. The summed E-state index contributed by atoms with van der Waals surface area (Å²) < 4.78 is 7.16. The summed E-state index contributed by atoms with van der Waals surface area (Å²) in [6, 6.07) is 0. The number of nitrogens with zero attached hydrogens (tertiary/aromatic N) is 3. The molecule has 1 aliphatic heterocycles. The standard InChI is InChI=1S/C11H15N5O4/c12-11-14-8-7(9(19)15-11)13-4-16(8)10-6(18)3-5(20-10)1-2-17/h4-6,10,17-18H,1-3H2,(H3,12,14,15,19)/t5-,6-,10-/m1/s1. The number of rotatable bonds is 3. The van der Waals surface area contributed by atoms with Crippen LogP contribution < -0.4 is 11.3 Å². The molecule has 0 amide bonds. The lowest BCUT2D eigenvalue weighted by atomic mass is 10.1. The van der Waals surface area contributed by atoms with Gasteiger partial charge < -0.3 is 20.7 Å². The lowest BCUT2D eigenvalue weighted by Gasteiger charge is -2.16. The highest BCUT2D eigenvalue weighted by atomic mass is 16.5. The number of fused-ring (bicyclic) bond motifs is 1. The number of aromatic amines is 1. The van der Waals surface area contributed by atoms with Gasteiger partial charge in [-0.25, -0.2) is 4.98 Å². The molecule has 0 bridgehead atoms. The van der Waals surface area contributed by atoms with E-state index in [1.54, 1.807) is 0 Å². The Morgan fingerprint density at radius 2 is 2.40 bits per heavy atom. The third kappa shape index (κ3) is 2.05. The number of aromatic nitrogens is 4. The first-order chi connectivity index (χ1) is 9.60. The molecular weight excluding hydrogens is 266 g/mol. The number of nitrogen functional groups attached to an aromatic ring is 1. The van der Waals surface area contributed by atoms with Gasteiger partial charge in [0.1, 0.15) is 6.10 Å². The van der Waals surface area contributed by atoms with E-state index in [-0.39, 0.29) is 29.8 Å². The summed E-state index contributed by atoms with van der Waals surface area (Å²) in [4.78, 5) is 22.0. The molecule has 0 radical (unpaired) electrons. The molecule has 0 unspecified atom stereocenters. The molecule has 3 rings (SSSR count). The average Bonchev–Trinajstić information content (AvgIpc) is 2.93. The number of anilines is 1. The summed E-state index contributed by atoms with van der Waals surface area (Å²) in [6.45, 7) is -0.0142. The molecular formula is C11H15N5O4. The Labute approximate surface area is 113 Å². The van der Waals surface area contributed by atoms with Crippen LogP contribution in [0, 0.1) is 0 Å². The monoisotopic (exact) mass is 281 g/mol. The van der Waals surface area contributed by atoms with E-state index in [0.29, 0.717) is 12.8 Å². The predicted octanol–water partition coefficient (Wildman–Crippen LogP) is -1.27. The smallest absolute Gasteiger partial charge is 0.280 e. The van der Waals surface area contributed by atoms with Gasteiger partial charge in [0.15, 0.2) is 17.4 Å². The van der Waals surface area contributed by atoms with Gasteiger partial charge in [-0.2, -0.15) is 4.98 Å². The van der Waals surface area contributed by atoms with Crippen LogP contribution in [-0.4, -0.2) is 48.5 Å². The van der Waals surface area contributed by atoms with Crippen LogP contribution >= 0.6 is 0 Å². The first kappa shape index (κ1) is 13.0. The number of hydrogen-bond donors (Lipinski definition) is 4. The van der Waals surface area contributed by atoms with Gasteiger partial charge in [0, 0.05) is 13.0 Å². The highest BCUT2D eigenvalue weighted by molar-refractivity contribution is 5.70. The average molecular weight is 281 g/mol. The van der Waals surface area contributed by atoms with Gasteiger partial charge in [0.25, 0.3) is 5.56 Å². The van der Waals surface area contributed by atoms with E-state index in [9.17, 15) is 9.90 Å². The van der Waals surface area contributed by atoms with Crippen molar-refractivity contribution in [1.29, 1.82) is 0 Å². The summed E-state index contributed by atoms with van der Waals surface area (Å²) in [7, 11) is 0. The minimum Gasteiger partial charge on any atom is -0.396 e. The molecule has 1 aliphatic rings. The third-order valence-electron chi connectivity index (χ3n) is 3.34. The van der Waals surface area contributed by atoms with Gasteiger partial charge in [-0.05, 0) is 6.42 Å². The van der Waals surface area contributed by atoms with Gasteiger partial charge >= 0.3 is 0 Å². The van der Waals surface area contributed by atoms with E-state index in [1.807, 2.05) is 0 Å². The molecule has 1 fully saturated rings. The minimum absolute atomic E-state index is 0.0142. The predicted molar refractivity (Wildman–Crippen MR) is 68.8 cm³/mol. The molecule has 20 heavy (non-hydrogen) atoms. The summed E-state index contributed by atoms with van der Waals surface area (Å²) in [6.07, 6.45) is 0.551.